The summed E-state index contributed by atoms with van der Waals surface area (Å²) < 4.78 is 4.15. The molecular formula is C13H20N6. The van der Waals surface area contributed by atoms with Crippen molar-refractivity contribution in [3.63, 3.8) is 0 Å². The number of hydrogen-bond donors (Lipinski definition) is 1. The van der Waals surface area contributed by atoms with E-state index in [1.54, 1.807) is 0 Å². The molecule has 2 aromatic heterocycles. The Bertz CT molecular complexity index is 582. The van der Waals surface area contributed by atoms with Gasteiger partial charge in [0.05, 0.1) is 5.69 Å². The van der Waals surface area contributed by atoms with Crippen LogP contribution in [-0.4, -0.2) is 30.6 Å². The lowest BCUT2D eigenvalue weighted by atomic mass is 10.1. The van der Waals surface area contributed by atoms with Crippen molar-refractivity contribution in [1.29, 1.82) is 0 Å². The second-order valence-corrected chi connectivity index (χ2v) is 5.04. The molecule has 0 saturated carbocycles. The molecule has 6 heteroatoms. The Hall–Kier alpha value is -1.69. The maximum Gasteiger partial charge on any atom is 0.182 e. The van der Waals surface area contributed by atoms with E-state index in [1.807, 2.05) is 4.68 Å². The van der Waals surface area contributed by atoms with Crippen molar-refractivity contribution in [1.82, 2.24) is 24.5 Å². The molecule has 0 saturated heterocycles. The average molecular weight is 260 g/mol. The van der Waals surface area contributed by atoms with Gasteiger partial charge in [-0.15, -0.1) is 10.2 Å². The number of aromatic nitrogens is 5. The van der Waals surface area contributed by atoms with Crippen LogP contribution in [0.2, 0.25) is 0 Å². The molecule has 3 heterocycles. The monoisotopic (exact) mass is 260 g/mol. The lowest BCUT2D eigenvalue weighted by Crippen LogP contribution is -2.32. The molecule has 0 aromatic carbocycles. The van der Waals surface area contributed by atoms with Crippen molar-refractivity contribution in [2.45, 2.75) is 52.2 Å². The van der Waals surface area contributed by atoms with Gasteiger partial charge in [0.25, 0.3) is 0 Å². The van der Waals surface area contributed by atoms with Gasteiger partial charge in [-0.25, -0.2) is 0 Å². The van der Waals surface area contributed by atoms with Gasteiger partial charge in [-0.2, -0.15) is 5.10 Å². The van der Waals surface area contributed by atoms with E-state index in [-0.39, 0.29) is 6.04 Å². The maximum atomic E-state index is 6.06. The molecule has 2 N–H and O–H groups in total. The molecule has 0 amide bonds. The third-order valence-electron chi connectivity index (χ3n) is 3.70. The summed E-state index contributed by atoms with van der Waals surface area (Å²) in [7, 11) is 0. The van der Waals surface area contributed by atoms with Crippen LogP contribution in [0.4, 0.5) is 0 Å². The van der Waals surface area contributed by atoms with Crippen LogP contribution >= 0.6 is 0 Å². The lowest BCUT2D eigenvalue weighted by molar-refractivity contribution is 0.455. The minimum Gasteiger partial charge on any atom is -0.326 e. The molecule has 0 radical (unpaired) electrons. The second kappa shape index (κ2) is 4.77. The quantitative estimate of drug-likeness (QED) is 0.893. The number of nitrogens with zero attached hydrogens (tertiary/aromatic N) is 5. The van der Waals surface area contributed by atoms with Crippen LogP contribution in [0.15, 0.2) is 6.07 Å². The Morgan fingerprint density at radius 1 is 1.37 bits per heavy atom. The lowest BCUT2D eigenvalue weighted by Gasteiger charge is -2.20. The summed E-state index contributed by atoms with van der Waals surface area (Å²) in [4.78, 5) is 0. The van der Waals surface area contributed by atoms with Crippen LogP contribution in [-0.2, 0) is 25.9 Å². The van der Waals surface area contributed by atoms with Gasteiger partial charge in [-0.3, -0.25) is 4.68 Å². The predicted octanol–water partition coefficient (Wildman–Crippen LogP) is 0.997. The third-order valence-corrected chi connectivity index (χ3v) is 3.70. The van der Waals surface area contributed by atoms with Gasteiger partial charge in [0.15, 0.2) is 5.82 Å². The van der Waals surface area contributed by atoms with E-state index in [4.69, 9.17) is 5.73 Å². The molecule has 0 fully saturated rings. The smallest absolute Gasteiger partial charge is 0.182 e. The van der Waals surface area contributed by atoms with Crippen molar-refractivity contribution >= 4 is 0 Å². The fourth-order valence-corrected chi connectivity index (χ4v) is 2.61. The van der Waals surface area contributed by atoms with E-state index in [0.717, 1.165) is 55.4 Å². The second-order valence-electron chi connectivity index (χ2n) is 5.04. The predicted molar refractivity (Wildman–Crippen MR) is 72.6 cm³/mol. The summed E-state index contributed by atoms with van der Waals surface area (Å²) in [6.07, 6.45) is 2.83. The van der Waals surface area contributed by atoms with E-state index in [1.165, 1.54) is 0 Å². The molecule has 0 aliphatic carbocycles. The third kappa shape index (κ3) is 2.06. The van der Waals surface area contributed by atoms with E-state index < -0.39 is 0 Å². The van der Waals surface area contributed by atoms with Crippen molar-refractivity contribution in [2.24, 2.45) is 5.73 Å². The first-order valence-electron chi connectivity index (χ1n) is 6.97. The first kappa shape index (κ1) is 12.3. The normalized spacial score (nSPS) is 18.6. The molecule has 19 heavy (non-hydrogen) atoms. The maximum absolute atomic E-state index is 6.06. The summed E-state index contributed by atoms with van der Waals surface area (Å²) in [6, 6.07) is 2.31. The molecule has 102 valence electrons. The minimum atomic E-state index is 0.200. The fourth-order valence-electron chi connectivity index (χ4n) is 2.61. The first-order chi connectivity index (χ1) is 9.22. The Labute approximate surface area is 112 Å². The number of rotatable bonds is 3. The number of aryl methyl sites for hydroxylation is 3. The molecule has 3 rings (SSSR count). The van der Waals surface area contributed by atoms with E-state index >= 15 is 0 Å². The molecule has 2 aromatic rings. The highest BCUT2D eigenvalue weighted by Gasteiger charge is 2.23. The number of hydrogen-bond acceptors (Lipinski definition) is 4. The van der Waals surface area contributed by atoms with Crippen LogP contribution in [0, 0.1) is 0 Å². The minimum absolute atomic E-state index is 0.200. The van der Waals surface area contributed by atoms with Crippen molar-refractivity contribution in [3.8, 4) is 11.5 Å². The van der Waals surface area contributed by atoms with Crippen LogP contribution in [0.25, 0.3) is 11.5 Å². The van der Waals surface area contributed by atoms with Gasteiger partial charge in [-0.05, 0) is 25.8 Å². The SMILES string of the molecule is CCc1cc(-c2nnc3n2CC(N)CC3)n(CC)n1. The van der Waals surface area contributed by atoms with Gasteiger partial charge >= 0.3 is 0 Å². The Morgan fingerprint density at radius 3 is 2.95 bits per heavy atom. The molecule has 1 unspecified atom stereocenters. The van der Waals surface area contributed by atoms with Gasteiger partial charge in [-0.1, -0.05) is 6.92 Å². The highest BCUT2D eigenvalue weighted by Crippen LogP contribution is 2.23. The van der Waals surface area contributed by atoms with Gasteiger partial charge < -0.3 is 10.3 Å². The van der Waals surface area contributed by atoms with Gasteiger partial charge in [0.2, 0.25) is 0 Å². The standard InChI is InChI=1S/C13H20N6/c1-3-10-7-11(19(4-2)17-10)13-16-15-12-6-5-9(14)8-18(12)13/h7,9H,3-6,8,14H2,1-2H3. The Balaban J connectivity index is 2.07. The first-order valence-corrected chi connectivity index (χ1v) is 6.97. The van der Waals surface area contributed by atoms with E-state index in [2.05, 4.69) is 39.8 Å². The summed E-state index contributed by atoms with van der Waals surface area (Å²) >= 11 is 0. The highest BCUT2D eigenvalue weighted by atomic mass is 15.3. The highest BCUT2D eigenvalue weighted by molar-refractivity contribution is 5.51. The summed E-state index contributed by atoms with van der Waals surface area (Å²) in [6.45, 7) is 5.84. The zero-order valence-electron chi connectivity index (χ0n) is 11.5. The van der Waals surface area contributed by atoms with Crippen LogP contribution in [0.1, 0.15) is 31.8 Å². The van der Waals surface area contributed by atoms with Gasteiger partial charge in [0, 0.05) is 25.6 Å². The molecule has 0 bridgehead atoms. The number of nitrogens with two attached hydrogens (primary N) is 1. The summed E-state index contributed by atoms with van der Waals surface area (Å²) in [5, 5.41) is 13.2. The summed E-state index contributed by atoms with van der Waals surface area (Å²) in [5.41, 5.74) is 8.20. The Morgan fingerprint density at radius 2 is 2.21 bits per heavy atom. The van der Waals surface area contributed by atoms with Gasteiger partial charge in [0.1, 0.15) is 11.5 Å². The van der Waals surface area contributed by atoms with Crippen molar-refractivity contribution in [3.05, 3.63) is 17.6 Å². The molecule has 0 spiro atoms. The number of fused-ring (bicyclic) bond motifs is 1. The van der Waals surface area contributed by atoms with Crippen LogP contribution < -0.4 is 5.73 Å². The molecule has 1 aliphatic heterocycles. The topological polar surface area (TPSA) is 74.6 Å². The van der Waals surface area contributed by atoms with Crippen LogP contribution in [0.5, 0.6) is 0 Å². The fraction of sp³-hybridized carbons (Fsp3) is 0.615. The molecular weight excluding hydrogens is 240 g/mol. The van der Waals surface area contributed by atoms with E-state index in [9.17, 15) is 0 Å². The zero-order chi connectivity index (χ0) is 13.4. The van der Waals surface area contributed by atoms with E-state index in [0.29, 0.717) is 0 Å². The average Bonchev–Trinajstić information content (AvgIpc) is 3.00. The zero-order valence-corrected chi connectivity index (χ0v) is 11.5. The van der Waals surface area contributed by atoms with Crippen molar-refractivity contribution in [2.75, 3.05) is 0 Å². The van der Waals surface area contributed by atoms with Crippen molar-refractivity contribution < 1.29 is 0 Å². The summed E-state index contributed by atoms with van der Waals surface area (Å²) in [5.74, 6) is 1.94. The Kier molecular flexibility index (Phi) is 3.10. The molecule has 1 aliphatic rings. The largest absolute Gasteiger partial charge is 0.326 e. The molecule has 1 atom stereocenters. The van der Waals surface area contributed by atoms with Crippen LogP contribution in [0.3, 0.4) is 0 Å². The molecule has 6 nitrogen and oxygen atoms in total.